The van der Waals surface area contributed by atoms with Crippen LogP contribution >= 0.6 is 23.2 Å². The Morgan fingerprint density at radius 3 is 2.36 bits per heavy atom. The number of aryl methyl sites for hydroxylation is 1. The Hall–Kier alpha value is -1.80. The summed E-state index contributed by atoms with van der Waals surface area (Å²) in [6.45, 7) is 2.61. The third kappa shape index (κ3) is 4.97. The SMILES string of the molecule is Cc1cc(S(=O)(=O)N2CCCC2)ccc1OCC(=O)Nc1cc(Cl)cc(Cl)c1. The average Bonchev–Trinajstić information content (AvgIpc) is 3.15. The molecule has 1 aliphatic heterocycles. The molecule has 0 radical (unpaired) electrons. The smallest absolute Gasteiger partial charge is 0.262 e. The van der Waals surface area contributed by atoms with Crippen LogP contribution in [0.3, 0.4) is 0 Å². The molecule has 1 amide bonds. The number of nitrogens with zero attached hydrogens (tertiary/aromatic N) is 1. The van der Waals surface area contributed by atoms with E-state index in [-0.39, 0.29) is 17.4 Å². The molecule has 9 heteroatoms. The molecule has 6 nitrogen and oxygen atoms in total. The lowest BCUT2D eigenvalue weighted by molar-refractivity contribution is -0.118. The van der Waals surface area contributed by atoms with Gasteiger partial charge in [0.05, 0.1) is 4.90 Å². The highest BCUT2D eigenvalue weighted by molar-refractivity contribution is 7.89. The lowest BCUT2D eigenvalue weighted by atomic mass is 10.2. The molecule has 0 atom stereocenters. The maximum absolute atomic E-state index is 12.6. The van der Waals surface area contributed by atoms with E-state index in [2.05, 4.69) is 5.32 Å². The number of nitrogens with one attached hydrogen (secondary N) is 1. The number of amides is 1. The first-order chi connectivity index (χ1) is 13.3. The monoisotopic (exact) mass is 442 g/mol. The lowest BCUT2D eigenvalue weighted by Gasteiger charge is -2.17. The molecule has 2 aromatic carbocycles. The summed E-state index contributed by atoms with van der Waals surface area (Å²) < 4.78 is 32.3. The zero-order chi connectivity index (χ0) is 20.3. The molecule has 1 fully saturated rings. The second-order valence-corrected chi connectivity index (χ2v) is 9.34. The molecule has 0 spiro atoms. The van der Waals surface area contributed by atoms with Gasteiger partial charge in [-0.1, -0.05) is 23.2 Å². The summed E-state index contributed by atoms with van der Waals surface area (Å²) >= 11 is 11.8. The fourth-order valence-electron chi connectivity index (χ4n) is 2.99. The number of ether oxygens (including phenoxy) is 1. The number of benzene rings is 2. The Kier molecular flexibility index (Phi) is 6.50. The van der Waals surface area contributed by atoms with Gasteiger partial charge in [0.1, 0.15) is 5.75 Å². The van der Waals surface area contributed by atoms with Gasteiger partial charge in [0.2, 0.25) is 10.0 Å². The largest absolute Gasteiger partial charge is 0.483 e. The Morgan fingerprint density at radius 2 is 1.75 bits per heavy atom. The molecular formula is C19H20Cl2N2O4S. The number of hydrogen-bond donors (Lipinski definition) is 1. The van der Waals surface area contributed by atoms with Crippen LogP contribution in [0.15, 0.2) is 41.3 Å². The van der Waals surface area contributed by atoms with Crippen LogP contribution in [0.1, 0.15) is 18.4 Å². The van der Waals surface area contributed by atoms with Crippen molar-refractivity contribution in [3.63, 3.8) is 0 Å². The highest BCUT2D eigenvalue weighted by Crippen LogP contribution is 2.26. The second-order valence-electron chi connectivity index (χ2n) is 6.53. The van der Waals surface area contributed by atoms with Gasteiger partial charge in [-0.25, -0.2) is 8.42 Å². The number of halogens is 2. The summed E-state index contributed by atoms with van der Waals surface area (Å²) in [6, 6.07) is 9.36. The normalized spacial score (nSPS) is 14.8. The minimum Gasteiger partial charge on any atom is -0.483 e. The molecule has 1 saturated heterocycles. The van der Waals surface area contributed by atoms with Gasteiger partial charge in [-0.2, -0.15) is 4.31 Å². The van der Waals surface area contributed by atoms with Crippen LogP contribution in [-0.4, -0.2) is 38.3 Å². The van der Waals surface area contributed by atoms with Crippen molar-refractivity contribution in [1.29, 1.82) is 0 Å². The third-order valence-corrected chi connectivity index (χ3v) is 6.69. The van der Waals surface area contributed by atoms with Gasteiger partial charge in [-0.05, 0) is 61.7 Å². The predicted molar refractivity (Wildman–Crippen MR) is 110 cm³/mol. The highest BCUT2D eigenvalue weighted by Gasteiger charge is 2.27. The van der Waals surface area contributed by atoms with Crippen LogP contribution in [0, 0.1) is 6.92 Å². The predicted octanol–water partition coefficient (Wildman–Crippen LogP) is 4.10. The van der Waals surface area contributed by atoms with E-state index >= 15 is 0 Å². The lowest BCUT2D eigenvalue weighted by Crippen LogP contribution is -2.27. The quantitative estimate of drug-likeness (QED) is 0.730. The first kappa shape index (κ1) is 20.9. The van der Waals surface area contributed by atoms with Gasteiger partial charge in [0, 0.05) is 28.8 Å². The summed E-state index contributed by atoms with van der Waals surface area (Å²) in [7, 11) is -3.48. The first-order valence-electron chi connectivity index (χ1n) is 8.75. The summed E-state index contributed by atoms with van der Waals surface area (Å²) in [5.74, 6) is 0.0612. The van der Waals surface area contributed by atoms with E-state index in [1.165, 1.54) is 10.4 Å². The van der Waals surface area contributed by atoms with E-state index < -0.39 is 10.0 Å². The summed E-state index contributed by atoms with van der Waals surface area (Å²) in [4.78, 5) is 12.3. The zero-order valence-electron chi connectivity index (χ0n) is 15.2. The molecule has 1 aliphatic rings. The van der Waals surface area contributed by atoms with Crippen molar-refractivity contribution in [3.8, 4) is 5.75 Å². The van der Waals surface area contributed by atoms with E-state index in [0.29, 0.717) is 40.1 Å². The number of sulfonamides is 1. The van der Waals surface area contributed by atoms with E-state index in [9.17, 15) is 13.2 Å². The van der Waals surface area contributed by atoms with Gasteiger partial charge in [-0.15, -0.1) is 0 Å². The van der Waals surface area contributed by atoms with Crippen LogP contribution < -0.4 is 10.1 Å². The number of carbonyl (C=O) groups is 1. The van der Waals surface area contributed by atoms with Crippen molar-refractivity contribution in [3.05, 3.63) is 52.0 Å². The van der Waals surface area contributed by atoms with Gasteiger partial charge < -0.3 is 10.1 Å². The molecule has 1 N–H and O–H groups in total. The maximum atomic E-state index is 12.6. The number of carbonyl (C=O) groups excluding carboxylic acids is 1. The molecule has 3 rings (SSSR count). The van der Waals surface area contributed by atoms with Crippen LogP contribution in [-0.2, 0) is 14.8 Å². The summed E-state index contributed by atoms with van der Waals surface area (Å²) in [6.07, 6.45) is 1.76. The van der Waals surface area contributed by atoms with E-state index in [1.807, 2.05) is 0 Å². The molecular weight excluding hydrogens is 423 g/mol. The van der Waals surface area contributed by atoms with Crippen molar-refractivity contribution >= 4 is 44.8 Å². The fraction of sp³-hybridized carbons (Fsp3) is 0.316. The van der Waals surface area contributed by atoms with Crippen LogP contribution in [0.4, 0.5) is 5.69 Å². The van der Waals surface area contributed by atoms with Crippen molar-refractivity contribution in [1.82, 2.24) is 4.31 Å². The standard InChI is InChI=1S/C19H20Cl2N2O4S/c1-13-8-17(28(25,26)23-6-2-3-7-23)4-5-18(13)27-12-19(24)22-16-10-14(20)9-15(21)11-16/h4-5,8-11H,2-3,6-7,12H2,1H3,(H,22,24). The van der Waals surface area contributed by atoms with Gasteiger partial charge >= 0.3 is 0 Å². The Morgan fingerprint density at radius 1 is 1.11 bits per heavy atom. The Balaban J connectivity index is 1.64. The van der Waals surface area contributed by atoms with Gasteiger partial charge in [0.15, 0.2) is 6.61 Å². The highest BCUT2D eigenvalue weighted by atomic mass is 35.5. The number of hydrogen-bond acceptors (Lipinski definition) is 4. The molecule has 0 aromatic heterocycles. The molecule has 0 unspecified atom stereocenters. The van der Waals surface area contributed by atoms with Gasteiger partial charge in [-0.3, -0.25) is 4.79 Å². The minimum atomic E-state index is -3.48. The second kappa shape index (κ2) is 8.69. The number of rotatable bonds is 6. The molecule has 0 bridgehead atoms. The van der Waals surface area contributed by atoms with Crippen molar-refractivity contribution in [2.45, 2.75) is 24.7 Å². The van der Waals surface area contributed by atoms with Gasteiger partial charge in [0.25, 0.3) is 5.91 Å². The molecule has 2 aromatic rings. The van der Waals surface area contributed by atoms with Crippen molar-refractivity contribution in [2.24, 2.45) is 0 Å². The minimum absolute atomic E-state index is 0.233. The molecule has 150 valence electrons. The van der Waals surface area contributed by atoms with Crippen LogP contribution in [0.2, 0.25) is 10.0 Å². The Bertz CT molecular complexity index is 969. The molecule has 28 heavy (non-hydrogen) atoms. The van der Waals surface area contributed by atoms with Crippen molar-refractivity contribution in [2.75, 3.05) is 25.0 Å². The van der Waals surface area contributed by atoms with E-state index in [1.54, 1.807) is 37.3 Å². The number of anilines is 1. The molecule has 1 heterocycles. The third-order valence-electron chi connectivity index (χ3n) is 4.35. The Labute approximate surface area is 174 Å². The topological polar surface area (TPSA) is 75.7 Å². The average molecular weight is 443 g/mol. The van der Waals surface area contributed by atoms with E-state index in [4.69, 9.17) is 27.9 Å². The summed E-state index contributed by atoms with van der Waals surface area (Å²) in [5, 5.41) is 3.47. The molecule has 0 saturated carbocycles. The summed E-state index contributed by atoms with van der Waals surface area (Å²) in [5.41, 5.74) is 1.11. The van der Waals surface area contributed by atoms with Crippen LogP contribution in [0.25, 0.3) is 0 Å². The first-order valence-corrected chi connectivity index (χ1v) is 10.9. The van der Waals surface area contributed by atoms with E-state index in [0.717, 1.165) is 12.8 Å². The molecule has 0 aliphatic carbocycles. The van der Waals surface area contributed by atoms with Crippen molar-refractivity contribution < 1.29 is 17.9 Å². The van der Waals surface area contributed by atoms with Crippen LogP contribution in [0.5, 0.6) is 5.75 Å². The maximum Gasteiger partial charge on any atom is 0.262 e. The zero-order valence-corrected chi connectivity index (χ0v) is 17.6. The fourth-order valence-corrected chi connectivity index (χ4v) is 5.12.